The average molecular weight is 424 g/mol. The second-order valence-electron chi connectivity index (χ2n) is 7.48. The van der Waals surface area contributed by atoms with Gasteiger partial charge in [-0.3, -0.25) is 0 Å². The highest BCUT2D eigenvalue weighted by Crippen LogP contribution is 2.28. The van der Waals surface area contributed by atoms with E-state index in [9.17, 15) is 14.9 Å². The molecule has 32 heavy (non-hydrogen) atoms. The first kappa shape index (κ1) is 20.9. The molecule has 158 valence electrons. The molecular formula is C26H20N2O4. The number of nitrogens with zero attached hydrogens (tertiary/aromatic N) is 2. The predicted octanol–water partition coefficient (Wildman–Crippen LogP) is 4.66. The van der Waals surface area contributed by atoms with Crippen molar-refractivity contribution in [3.05, 3.63) is 93.9 Å². The van der Waals surface area contributed by atoms with E-state index in [4.69, 9.17) is 9.15 Å². The van der Waals surface area contributed by atoms with Crippen LogP contribution in [0.2, 0.25) is 0 Å². The second kappa shape index (κ2) is 8.78. The number of fused-ring (bicyclic) bond motifs is 3. The van der Waals surface area contributed by atoms with Crippen LogP contribution in [0.25, 0.3) is 27.8 Å². The molecule has 1 aromatic heterocycles. The van der Waals surface area contributed by atoms with Gasteiger partial charge < -0.3 is 14.1 Å². The van der Waals surface area contributed by atoms with Gasteiger partial charge in [-0.25, -0.2) is 9.59 Å². The van der Waals surface area contributed by atoms with Gasteiger partial charge in [-0.05, 0) is 40.6 Å². The number of rotatable bonds is 5. The fourth-order valence-corrected chi connectivity index (χ4v) is 3.53. The molecule has 6 heteroatoms. The van der Waals surface area contributed by atoms with Crippen molar-refractivity contribution in [2.75, 3.05) is 19.0 Å². The van der Waals surface area contributed by atoms with Gasteiger partial charge in [0.1, 0.15) is 23.8 Å². The molecule has 0 aliphatic carbocycles. The molecule has 0 aliphatic heterocycles. The fourth-order valence-electron chi connectivity index (χ4n) is 3.53. The summed E-state index contributed by atoms with van der Waals surface area (Å²) in [5.74, 6) is -0.759. The van der Waals surface area contributed by atoms with Crippen LogP contribution in [0.15, 0.2) is 81.5 Å². The molecule has 0 saturated carbocycles. The number of esters is 1. The summed E-state index contributed by atoms with van der Waals surface area (Å²) in [6.07, 6.45) is 1.48. The van der Waals surface area contributed by atoms with E-state index in [0.717, 1.165) is 16.5 Å². The van der Waals surface area contributed by atoms with Crippen LogP contribution >= 0.6 is 0 Å². The van der Waals surface area contributed by atoms with Crippen molar-refractivity contribution >= 4 is 39.5 Å². The lowest BCUT2D eigenvalue weighted by molar-refractivity contribution is -0.139. The Morgan fingerprint density at radius 2 is 1.84 bits per heavy atom. The Bertz CT molecular complexity index is 1440. The minimum absolute atomic E-state index is 0.125. The van der Waals surface area contributed by atoms with Crippen LogP contribution in [0.1, 0.15) is 11.1 Å². The molecule has 1 heterocycles. The first-order valence-corrected chi connectivity index (χ1v) is 9.97. The number of hydrogen-bond acceptors (Lipinski definition) is 6. The normalized spacial score (nSPS) is 11.3. The molecular weight excluding hydrogens is 404 g/mol. The molecule has 4 rings (SSSR count). The van der Waals surface area contributed by atoms with Crippen molar-refractivity contribution in [2.45, 2.75) is 6.61 Å². The summed E-state index contributed by atoms with van der Waals surface area (Å²) in [5.41, 5.74) is 2.00. The number of carbonyl (C=O) groups excluding carboxylic acids is 1. The van der Waals surface area contributed by atoms with Crippen molar-refractivity contribution < 1.29 is 13.9 Å². The van der Waals surface area contributed by atoms with Crippen LogP contribution in [0, 0.1) is 11.3 Å². The van der Waals surface area contributed by atoms with Gasteiger partial charge in [-0.1, -0.05) is 42.5 Å². The average Bonchev–Trinajstić information content (AvgIpc) is 2.80. The maximum absolute atomic E-state index is 12.6. The maximum atomic E-state index is 12.6. The lowest BCUT2D eigenvalue weighted by atomic mass is 10.0. The summed E-state index contributed by atoms with van der Waals surface area (Å²) in [7, 11) is 3.86. The fraction of sp³-hybridized carbons (Fsp3) is 0.115. The van der Waals surface area contributed by atoms with Crippen LogP contribution in [-0.2, 0) is 16.1 Å². The number of ether oxygens (including phenoxy) is 1. The molecule has 0 aliphatic rings. The molecule has 4 aromatic rings. The van der Waals surface area contributed by atoms with Gasteiger partial charge in [0.25, 0.3) is 0 Å². The summed E-state index contributed by atoms with van der Waals surface area (Å²) in [6.45, 7) is -0.159. The van der Waals surface area contributed by atoms with Gasteiger partial charge in [0.15, 0.2) is 0 Å². The van der Waals surface area contributed by atoms with Gasteiger partial charge in [0.05, 0.1) is 0 Å². The Balaban J connectivity index is 1.62. The number of carbonyl (C=O) groups is 1. The Morgan fingerprint density at radius 3 is 2.56 bits per heavy atom. The number of benzene rings is 3. The lowest BCUT2D eigenvalue weighted by Gasteiger charge is -2.12. The van der Waals surface area contributed by atoms with E-state index in [1.54, 1.807) is 6.07 Å². The SMILES string of the molecule is CN(C)c1ccc(/C=C(\C#N)C(=O)OCc2cc(=O)oc3ccc4ccccc4c23)cc1. The zero-order valence-corrected chi connectivity index (χ0v) is 17.7. The number of nitriles is 1. The molecule has 0 radical (unpaired) electrons. The van der Waals surface area contributed by atoms with Crippen molar-refractivity contribution in [3.63, 3.8) is 0 Å². The van der Waals surface area contributed by atoms with E-state index in [0.29, 0.717) is 22.1 Å². The van der Waals surface area contributed by atoms with Crippen LogP contribution in [0.4, 0.5) is 5.69 Å². The van der Waals surface area contributed by atoms with Crippen LogP contribution in [0.3, 0.4) is 0 Å². The molecule has 0 amide bonds. The molecule has 6 nitrogen and oxygen atoms in total. The third kappa shape index (κ3) is 4.23. The van der Waals surface area contributed by atoms with E-state index in [2.05, 4.69) is 0 Å². The zero-order valence-electron chi connectivity index (χ0n) is 17.7. The molecule has 0 unspecified atom stereocenters. The molecule has 0 N–H and O–H groups in total. The smallest absolute Gasteiger partial charge is 0.349 e. The van der Waals surface area contributed by atoms with Gasteiger partial charge in [-0.15, -0.1) is 0 Å². The van der Waals surface area contributed by atoms with E-state index >= 15 is 0 Å². The van der Waals surface area contributed by atoms with E-state index < -0.39 is 11.6 Å². The van der Waals surface area contributed by atoms with Crippen molar-refractivity contribution in [1.29, 1.82) is 5.26 Å². The minimum Gasteiger partial charge on any atom is -0.457 e. The Hall–Kier alpha value is -4.37. The third-order valence-electron chi connectivity index (χ3n) is 5.13. The molecule has 0 saturated heterocycles. The predicted molar refractivity (Wildman–Crippen MR) is 124 cm³/mol. The highest BCUT2D eigenvalue weighted by atomic mass is 16.5. The Morgan fingerprint density at radius 1 is 1.09 bits per heavy atom. The van der Waals surface area contributed by atoms with E-state index in [1.807, 2.05) is 79.7 Å². The van der Waals surface area contributed by atoms with E-state index in [-0.39, 0.29) is 12.2 Å². The number of anilines is 1. The van der Waals surface area contributed by atoms with Crippen molar-refractivity contribution in [3.8, 4) is 6.07 Å². The van der Waals surface area contributed by atoms with Gasteiger partial charge in [0, 0.05) is 36.8 Å². The molecule has 0 bridgehead atoms. The van der Waals surface area contributed by atoms with E-state index in [1.165, 1.54) is 12.1 Å². The molecule has 0 spiro atoms. The van der Waals surface area contributed by atoms with Crippen LogP contribution in [0.5, 0.6) is 0 Å². The number of hydrogen-bond donors (Lipinski definition) is 0. The standard InChI is InChI=1S/C26H20N2O4/c1-28(2)21-10-7-17(8-11-21)13-19(15-27)26(30)31-16-20-14-24(29)32-23-12-9-18-5-3-4-6-22(18)25(20)23/h3-14H,16H2,1-2H3/b19-13+. The molecule has 0 atom stereocenters. The van der Waals surface area contributed by atoms with Crippen LogP contribution in [-0.4, -0.2) is 20.1 Å². The highest BCUT2D eigenvalue weighted by molar-refractivity contribution is 6.07. The largest absolute Gasteiger partial charge is 0.457 e. The zero-order chi connectivity index (χ0) is 22.7. The summed E-state index contributed by atoms with van der Waals surface area (Å²) in [4.78, 5) is 26.6. The van der Waals surface area contributed by atoms with Gasteiger partial charge in [0.2, 0.25) is 0 Å². The minimum atomic E-state index is -0.759. The quantitative estimate of drug-likeness (QED) is 0.152. The molecule has 3 aromatic carbocycles. The summed E-state index contributed by atoms with van der Waals surface area (Å²) < 4.78 is 10.7. The third-order valence-corrected chi connectivity index (χ3v) is 5.13. The summed E-state index contributed by atoms with van der Waals surface area (Å²) in [5, 5.41) is 12.0. The van der Waals surface area contributed by atoms with Gasteiger partial charge in [-0.2, -0.15) is 5.26 Å². The topological polar surface area (TPSA) is 83.5 Å². The van der Waals surface area contributed by atoms with Crippen molar-refractivity contribution in [1.82, 2.24) is 0 Å². The van der Waals surface area contributed by atoms with Crippen molar-refractivity contribution in [2.24, 2.45) is 0 Å². The highest BCUT2D eigenvalue weighted by Gasteiger charge is 2.15. The summed E-state index contributed by atoms with van der Waals surface area (Å²) in [6, 6.07) is 21.9. The Labute approximate surface area is 184 Å². The summed E-state index contributed by atoms with van der Waals surface area (Å²) >= 11 is 0. The lowest BCUT2D eigenvalue weighted by Crippen LogP contribution is -2.09. The second-order valence-corrected chi connectivity index (χ2v) is 7.48. The first-order valence-electron chi connectivity index (χ1n) is 9.97. The maximum Gasteiger partial charge on any atom is 0.349 e. The first-order chi connectivity index (χ1) is 15.5. The monoisotopic (exact) mass is 424 g/mol. The van der Waals surface area contributed by atoms with Crippen LogP contribution < -0.4 is 10.5 Å². The Kier molecular flexibility index (Phi) is 5.73. The van der Waals surface area contributed by atoms with Gasteiger partial charge >= 0.3 is 11.6 Å². The molecule has 0 fully saturated rings.